The number of carbonyl (C=O) groups is 1. The molecule has 0 spiro atoms. The second-order valence-corrected chi connectivity index (χ2v) is 7.53. The fourth-order valence-corrected chi connectivity index (χ4v) is 3.53. The predicted molar refractivity (Wildman–Crippen MR) is 116 cm³/mol. The Hall–Kier alpha value is -2.80. The van der Waals surface area contributed by atoms with Gasteiger partial charge in [0.2, 0.25) is 0 Å². The molecule has 0 aliphatic rings. The summed E-state index contributed by atoms with van der Waals surface area (Å²) in [7, 11) is 3.24. The van der Waals surface area contributed by atoms with E-state index in [0.717, 1.165) is 32.9 Å². The van der Waals surface area contributed by atoms with Crippen LogP contribution < -0.4 is 14.8 Å². The molecule has 0 fully saturated rings. The summed E-state index contributed by atoms with van der Waals surface area (Å²) in [6.07, 6.45) is 0.651. The molecule has 0 bridgehead atoms. The van der Waals surface area contributed by atoms with Gasteiger partial charge in [-0.1, -0.05) is 22.0 Å². The Kier molecular flexibility index (Phi) is 6.59. The second-order valence-electron chi connectivity index (χ2n) is 6.62. The highest BCUT2D eigenvalue weighted by Gasteiger charge is 2.19. The van der Waals surface area contributed by atoms with E-state index in [2.05, 4.69) is 26.3 Å². The molecule has 3 aromatic rings. The lowest BCUT2D eigenvalue weighted by Gasteiger charge is -2.11. The average Bonchev–Trinajstić information content (AvgIpc) is 3.02. The number of benzene rings is 2. The third kappa shape index (κ3) is 4.62. The van der Waals surface area contributed by atoms with E-state index in [1.54, 1.807) is 18.9 Å². The number of aromatic nitrogens is 2. The zero-order valence-electron chi connectivity index (χ0n) is 17.0. The van der Waals surface area contributed by atoms with Crippen molar-refractivity contribution in [2.45, 2.75) is 20.3 Å². The quantitative estimate of drug-likeness (QED) is 0.575. The molecule has 0 atom stereocenters. The third-order valence-corrected chi connectivity index (χ3v) is 5.29. The van der Waals surface area contributed by atoms with Crippen molar-refractivity contribution in [3.63, 3.8) is 0 Å². The van der Waals surface area contributed by atoms with E-state index >= 15 is 0 Å². The fourth-order valence-electron chi connectivity index (χ4n) is 3.26. The molecule has 1 heterocycles. The molecule has 0 aliphatic heterocycles. The van der Waals surface area contributed by atoms with Gasteiger partial charge in [0, 0.05) is 17.1 Å². The van der Waals surface area contributed by atoms with Gasteiger partial charge in [-0.15, -0.1) is 0 Å². The summed E-state index contributed by atoms with van der Waals surface area (Å²) in [4.78, 5) is 12.8. The highest BCUT2D eigenvalue weighted by Crippen LogP contribution is 2.25. The zero-order valence-corrected chi connectivity index (χ0v) is 18.5. The molecular formula is C22H24BrN3O3. The van der Waals surface area contributed by atoms with Crippen LogP contribution in [0.2, 0.25) is 0 Å². The summed E-state index contributed by atoms with van der Waals surface area (Å²) in [6, 6.07) is 13.5. The molecule has 0 saturated carbocycles. The maximum atomic E-state index is 12.8. The Labute approximate surface area is 179 Å². The first-order valence-electron chi connectivity index (χ1n) is 9.26. The summed E-state index contributed by atoms with van der Waals surface area (Å²) in [5.74, 6) is 1.35. The van der Waals surface area contributed by atoms with Crippen LogP contribution >= 0.6 is 15.9 Å². The number of methoxy groups -OCH3 is 2. The molecular weight excluding hydrogens is 434 g/mol. The van der Waals surface area contributed by atoms with Gasteiger partial charge in [0.05, 0.1) is 36.9 Å². The number of nitrogens with zero attached hydrogens (tertiary/aromatic N) is 2. The maximum absolute atomic E-state index is 12.8. The minimum Gasteiger partial charge on any atom is -0.497 e. The summed E-state index contributed by atoms with van der Waals surface area (Å²) in [5, 5.41) is 7.55. The molecule has 0 saturated heterocycles. The van der Waals surface area contributed by atoms with Crippen LogP contribution in [-0.4, -0.2) is 36.5 Å². The maximum Gasteiger partial charge on any atom is 0.255 e. The molecule has 0 aliphatic carbocycles. The average molecular weight is 458 g/mol. The first kappa shape index (κ1) is 20.9. The van der Waals surface area contributed by atoms with Gasteiger partial charge in [0.1, 0.15) is 11.5 Å². The number of hydrogen-bond donors (Lipinski definition) is 1. The molecule has 3 rings (SSSR count). The van der Waals surface area contributed by atoms with Gasteiger partial charge in [-0.2, -0.15) is 5.10 Å². The highest BCUT2D eigenvalue weighted by molar-refractivity contribution is 9.10. The van der Waals surface area contributed by atoms with E-state index in [4.69, 9.17) is 9.47 Å². The number of nitrogens with one attached hydrogen (secondary N) is 1. The van der Waals surface area contributed by atoms with Crippen LogP contribution in [-0.2, 0) is 6.42 Å². The van der Waals surface area contributed by atoms with Crippen molar-refractivity contribution in [3.05, 3.63) is 69.5 Å². The topological polar surface area (TPSA) is 65.4 Å². The lowest BCUT2D eigenvalue weighted by atomic mass is 10.1. The molecule has 6 nitrogen and oxygen atoms in total. The molecule has 29 heavy (non-hydrogen) atoms. The van der Waals surface area contributed by atoms with Crippen LogP contribution in [0, 0.1) is 13.8 Å². The van der Waals surface area contributed by atoms with Gasteiger partial charge in [-0.05, 0) is 56.2 Å². The summed E-state index contributed by atoms with van der Waals surface area (Å²) in [6.45, 7) is 4.25. The molecule has 1 amide bonds. The summed E-state index contributed by atoms with van der Waals surface area (Å²) < 4.78 is 13.4. The molecule has 2 aromatic carbocycles. The van der Waals surface area contributed by atoms with Gasteiger partial charge in [-0.25, -0.2) is 4.68 Å². The Bertz CT molecular complexity index is 1010. The predicted octanol–water partition coefficient (Wildman–Crippen LogP) is 4.24. The van der Waals surface area contributed by atoms with E-state index < -0.39 is 0 Å². The lowest BCUT2D eigenvalue weighted by molar-refractivity contribution is 0.0953. The van der Waals surface area contributed by atoms with Crippen LogP contribution in [0.4, 0.5) is 0 Å². The number of aryl methyl sites for hydroxylation is 1. The zero-order chi connectivity index (χ0) is 21.0. The second kappa shape index (κ2) is 9.13. The van der Waals surface area contributed by atoms with E-state index in [1.807, 2.05) is 56.3 Å². The fraction of sp³-hybridized carbons (Fsp3) is 0.273. The first-order valence-corrected chi connectivity index (χ1v) is 10.0. The molecule has 7 heteroatoms. The molecule has 0 unspecified atom stereocenters. The van der Waals surface area contributed by atoms with Gasteiger partial charge in [-0.3, -0.25) is 4.79 Å². The Balaban J connectivity index is 1.71. The van der Waals surface area contributed by atoms with Crippen LogP contribution in [0.1, 0.15) is 27.3 Å². The minimum atomic E-state index is -0.129. The van der Waals surface area contributed by atoms with Gasteiger partial charge in [0.25, 0.3) is 5.91 Å². The van der Waals surface area contributed by atoms with Crippen molar-refractivity contribution < 1.29 is 14.3 Å². The number of hydrogen-bond acceptors (Lipinski definition) is 4. The summed E-state index contributed by atoms with van der Waals surface area (Å²) >= 11 is 3.44. The SMILES string of the molecule is COc1ccc(CCNC(=O)c2c(C)nn(-c3ccc(Br)cc3)c2C)c(OC)c1. The summed E-state index contributed by atoms with van der Waals surface area (Å²) in [5.41, 5.74) is 4.03. The van der Waals surface area contributed by atoms with Crippen LogP contribution in [0.5, 0.6) is 11.5 Å². The van der Waals surface area contributed by atoms with Crippen molar-refractivity contribution >= 4 is 21.8 Å². The van der Waals surface area contributed by atoms with Crippen LogP contribution in [0.25, 0.3) is 5.69 Å². The highest BCUT2D eigenvalue weighted by atomic mass is 79.9. The van der Waals surface area contributed by atoms with E-state index in [9.17, 15) is 4.79 Å². The van der Waals surface area contributed by atoms with Gasteiger partial charge in [0.15, 0.2) is 0 Å². The molecule has 1 aromatic heterocycles. The smallest absolute Gasteiger partial charge is 0.255 e. The van der Waals surface area contributed by atoms with Crippen molar-refractivity contribution in [2.75, 3.05) is 20.8 Å². The van der Waals surface area contributed by atoms with Gasteiger partial charge < -0.3 is 14.8 Å². The Morgan fingerprint density at radius 2 is 1.83 bits per heavy atom. The lowest BCUT2D eigenvalue weighted by Crippen LogP contribution is -2.26. The normalized spacial score (nSPS) is 10.7. The largest absolute Gasteiger partial charge is 0.497 e. The van der Waals surface area contributed by atoms with Gasteiger partial charge >= 0.3 is 0 Å². The van der Waals surface area contributed by atoms with E-state index in [-0.39, 0.29) is 5.91 Å². The first-order chi connectivity index (χ1) is 13.9. The van der Waals surface area contributed by atoms with E-state index in [0.29, 0.717) is 24.2 Å². The molecule has 152 valence electrons. The number of amides is 1. The van der Waals surface area contributed by atoms with E-state index in [1.165, 1.54) is 0 Å². The minimum absolute atomic E-state index is 0.129. The molecule has 1 N–H and O–H groups in total. The van der Waals surface area contributed by atoms with Crippen molar-refractivity contribution in [1.29, 1.82) is 0 Å². The number of rotatable bonds is 7. The number of halogens is 1. The van der Waals surface area contributed by atoms with Crippen LogP contribution in [0.3, 0.4) is 0 Å². The molecule has 0 radical (unpaired) electrons. The van der Waals surface area contributed by atoms with Crippen molar-refractivity contribution in [1.82, 2.24) is 15.1 Å². The standard InChI is InChI=1S/C22H24BrN3O3/c1-14-21(15(2)26(25-14)18-8-6-17(23)7-9-18)22(27)24-12-11-16-5-10-19(28-3)13-20(16)29-4/h5-10,13H,11-12H2,1-4H3,(H,24,27). The monoisotopic (exact) mass is 457 g/mol. The third-order valence-electron chi connectivity index (χ3n) is 4.76. The number of ether oxygens (including phenoxy) is 2. The van der Waals surface area contributed by atoms with Crippen molar-refractivity contribution in [3.8, 4) is 17.2 Å². The Morgan fingerprint density at radius 3 is 2.48 bits per heavy atom. The Morgan fingerprint density at radius 1 is 1.10 bits per heavy atom. The van der Waals surface area contributed by atoms with Crippen LogP contribution in [0.15, 0.2) is 46.9 Å². The van der Waals surface area contributed by atoms with Crippen molar-refractivity contribution in [2.24, 2.45) is 0 Å². The number of carbonyl (C=O) groups excluding carboxylic acids is 1.